The smallest absolute Gasteiger partial charge is 0.311 e. The number of hydrogen-bond donors (Lipinski definition) is 1. The predicted octanol–water partition coefficient (Wildman–Crippen LogP) is 0.688. The van der Waals surface area contributed by atoms with Crippen LogP contribution in [0.15, 0.2) is 24.3 Å². The zero-order chi connectivity index (χ0) is 13.7. The summed E-state index contributed by atoms with van der Waals surface area (Å²) in [6, 6.07) is 7.69. The normalized spacial score (nSPS) is 10.4. The van der Waals surface area contributed by atoms with Gasteiger partial charge in [0, 0.05) is 0 Å². The number of aromatic nitrogens is 4. The highest BCUT2D eigenvalue weighted by Crippen LogP contribution is 2.11. The van der Waals surface area contributed by atoms with Gasteiger partial charge in [-0.3, -0.25) is 4.79 Å². The van der Waals surface area contributed by atoms with Crippen LogP contribution >= 0.6 is 0 Å². The van der Waals surface area contributed by atoms with E-state index < -0.39 is 5.97 Å². The molecule has 0 aliphatic heterocycles. The molecular weight excluding hydrogens is 248 g/mol. The lowest BCUT2D eigenvalue weighted by Crippen LogP contribution is -2.15. The molecule has 0 fully saturated rings. The first-order valence-corrected chi connectivity index (χ1v) is 5.81. The maximum Gasteiger partial charge on any atom is 0.311 e. The molecule has 2 aromatic rings. The average Bonchev–Trinajstić information content (AvgIpc) is 2.78. The van der Waals surface area contributed by atoms with Crippen LogP contribution in [0.1, 0.15) is 11.4 Å². The number of nitrogens with zero attached hydrogens (tertiary/aromatic N) is 4. The Hall–Kier alpha value is -2.44. The van der Waals surface area contributed by atoms with E-state index in [1.165, 1.54) is 4.68 Å². The van der Waals surface area contributed by atoms with Crippen LogP contribution in [-0.2, 0) is 17.8 Å². The van der Waals surface area contributed by atoms with Gasteiger partial charge in [0.05, 0.1) is 6.54 Å². The topological polar surface area (TPSA) is 90.1 Å². The molecule has 100 valence electrons. The van der Waals surface area contributed by atoms with Crippen LogP contribution in [0.5, 0.6) is 5.75 Å². The molecule has 0 radical (unpaired) electrons. The molecule has 1 aromatic carbocycles. The lowest BCUT2D eigenvalue weighted by Gasteiger charge is -2.07. The van der Waals surface area contributed by atoms with Crippen molar-refractivity contribution < 1.29 is 14.6 Å². The van der Waals surface area contributed by atoms with E-state index in [1.807, 2.05) is 31.2 Å². The summed E-state index contributed by atoms with van der Waals surface area (Å²) >= 11 is 0. The van der Waals surface area contributed by atoms with Gasteiger partial charge in [0.2, 0.25) is 0 Å². The first-order valence-electron chi connectivity index (χ1n) is 5.81. The molecule has 0 saturated carbocycles. The lowest BCUT2D eigenvalue weighted by atomic mass is 10.2. The predicted molar refractivity (Wildman–Crippen MR) is 65.8 cm³/mol. The van der Waals surface area contributed by atoms with Gasteiger partial charge in [0.15, 0.2) is 5.82 Å². The Morgan fingerprint density at radius 3 is 2.79 bits per heavy atom. The van der Waals surface area contributed by atoms with Crippen molar-refractivity contribution in [3.63, 3.8) is 0 Å². The highest BCUT2D eigenvalue weighted by molar-refractivity contribution is 5.68. The van der Waals surface area contributed by atoms with Crippen LogP contribution in [0.3, 0.4) is 0 Å². The third-order valence-electron chi connectivity index (χ3n) is 2.51. The number of ether oxygens (including phenoxy) is 1. The summed E-state index contributed by atoms with van der Waals surface area (Å²) in [4.78, 5) is 10.6. The van der Waals surface area contributed by atoms with Gasteiger partial charge in [-0.2, -0.15) is 0 Å². The van der Waals surface area contributed by atoms with Crippen LogP contribution in [0.4, 0.5) is 0 Å². The van der Waals surface area contributed by atoms with Gasteiger partial charge >= 0.3 is 5.97 Å². The highest BCUT2D eigenvalue weighted by Gasteiger charge is 2.09. The molecule has 0 unspecified atom stereocenters. The van der Waals surface area contributed by atoms with E-state index in [0.29, 0.717) is 19.0 Å². The number of carbonyl (C=O) groups is 1. The number of benzene rings is 1. The molecule has 0 atom stereocenters. The van der Waals surface area contributed by atoms with Crippen molar-refractivity contribution in [3.8, 4) is 5.75 Å². The zero-order valence-corrected chi connectivity index (χ0v) is 10.5. The van der Waals surface area contributed by atoms with E-state index in [2.05, 4.69) is 15.5 Å². The van der Waals surface area contributed by atoms with Crippen molar-refractivity contribution in [1.82, 2.24) is 20.2 Å². The number of rotatable bonds is 6. The number of aryl methyl sites for hydroxylation is 1. The summed E-state index contributed by atoms with van der Waals surface area (Å²) in [5.41, 5.74) is 1.16. The molecule has 19 heavy (non-hydrogen) atoms. The van der Waals surface area contributed by atoms with Crippen LogP contribution in [0.2, 0.25) is 0 Å². The van der Waals surface area contributed by atoms with Crippen molar-refractivity contribution in [2.24, 2.45) is 0 Å². The first-order chi connectivity index (χ1) is 9.15. The minimum absolute atomic E-state index is 0.197. The van der Waals surface area contributed by atoms with E-state index in [4.69, 9.17) is 9.84 Å². The molecular formula is C12H14N4O3. The van der Waals surface area contributed by atoms with E-state index in [0.717, 1.165) is 11.3 Å². The maximum atomic E-state index is 10.6. The summed E-state index contributed by atoms with van der Waals surface area (Å²) in [6.07, 6.45) is -0.197. The number of carboxylic acid groups (broad SMARTS) is 1. The van der Waals surface area contributed by atoms with E-state index in [-0.39, 0.29) is 6.42 Å². The minimum atomic E-state index is -0.962. The molecule has 0 saturated heterocycles. The fourth-order valence-electron chi connectivity index (χ4n) is 1.54. The van der Waals surface area contributed by atoms with Crippen LogP contribution in [0.25, 0.3) is 0 Å². The molecule has 1 heterocycles. The molecule has 7 heteroatoms. The van der Waals surface area contributed by atoms with Gasteiger partial charge in [-0.1, -0.05) is 17.7 Å². The molecule has 0 bridgehead atoms. The third kappa shape index (κ3) is 3.77. The summed E-state index contributed by atoms with van der Waals surface area (Å²) in [5, 5.41) is 19.5. The number of hydrogen-bond acceptors (Lipinski definition) is 5. The maximum absolute atomic E-state index is 10.6. The van der Waals surface area contributed by atoms with Crippen LogP contribution in [0, 0.1) is 6.92 Å². The Morgan fingerprint density at radius 2 is 2.11 bits per heavy atom. The fraction of sp³-hybridized carbons (Fsp3) is 0.333. The summed E-state index contributed by atoms with van der Waals surface area (Å²) in [7, 11) is 0. The first kappa shape index (κ1) is 13.0. The van der Waals surface area contributed by atoms with Gasteiger partial charge in [-0.05, 0) is 29.5 Å². The van der Waals surface area contributed by atoms with Crippen LogP contribution in [-0.4, -0.2) is 37.9 Å². The highest BCUT2D eigenvalue weighted by atomic mass is 16.5. The van der Waals surface area contributed by atoms with Gasteiger partial charge in [-0.15, -0.1) is 5.10 Å². The largest absolute Gasteiger partial charge is 0.492 e. The molecule has 2 rings (SSSR count). The van der Waals surface area contributed by atoms with E-state index >= 15 is 0 Å². The summed E-state index contributed by atoms with van der Waals surface area (Å²) in [5.74, 6) is 0.119. The Kier molecular flexibility index (Phi) is 4.07. The lowest BCUT2D eigenvalue weighted by molar-refractivity contribution is -0.136. The van der Waals surface area contributed by atoms with Gasteiger partial charge in [0.25, 0.3) is 0 Å². The Labute approximate surface area is 109 Å². The molecule has 0 aliphatic carbocycles. The van der Waals surface area contributed by atoms with Crippen LogP contribution < -0.4 is 4.74 Å². The molecule has 0 spiro atoms. The van der Waals surface area contributed by atoms with E-state index in [1.54, 1.807) is 0 Å². The second kappa shape index (κ2) is 5.94. The Balaban J connectivity index is 1.87. The summed E-state index contributed by atoms with van der Waals surface area (Å²) in [6.45, 7) is 2.78. The molecule has 1 N–H and O–H groups in total. The quantitative estimate of drug-likeness (QED) is 0.823. The Morgan fingerprint density at radius 1 is 1.37 bits per heavy atom. The Bertz CT molecular complexity index is 550. The third-order valence-corrected chi connectivity index (χ3v) is 2.51. The van der Waals surface area contributed by atoms with Gasteiger partial charge < -0.3 is 9.84 Å². The second-order valence-electron chi connectivity index (χ2n) is 4.05. The monoisotopic (exact) mass is 262 g/mol. The molecule has 1 aromatic heterocycles. The van der Waals surface area contributed by atoms with E-state index in [9.17, 15) is 4.79 Å². The average molecular weight is 262 g/mol. The zero-order valence-electron chi connectivity index (χ0n) is 10.5. The minimum Gasteiger partial charge on any atom is -0.492 e. The molecule has 7 nitrogen and oxygen atoms in total. The van der Waals surface area contributed by atoms with Crippen molar-refractivity contribution in [1.29, 1.82) is 0 Å². The molecule has 0 amide bonds. The van der Waals surface area contributed by atoms with Crippen molar-refractivity contribution >= 4 is 5.97 Å². The van der Waals surface area contributed by atoms with Crippen molar-refractivity contribution in [2.75, 3.05) is 6.61 Å². The fourth-order valence-corrected chi connectivity index (χ4v) is 1.54. The van der Waals surface area contributed by atoms with Crippen molar-refractivity contribution in [2.45, 2.75) is 19.9 Å². The van der Waals surface area contributed by atoms with Crippen molar-refractivity contribution in [3.05, 3.63) is 35.7 Å². The SMILES string of the molecule is Cc1ccc(OCCn2nnnc2CC(=O)O)cc1. The standard InChI is InChI=1S/C12H14N4O3/c1-9-2-4-10(5-3-9)19-7-6-16-11(8-12(17)18)13-14-15-16/h2-5H,6-8H2,1H3,(H,17,18). The number of tetrazole rings is 1. The summed E-state index contributed by atoms with van der Waals surface area (Å²) < 4.78 is 6.96. The number of carboxylic acids is 1. The number of aliphatic carboxylic acids is 1. The molecule has 0 aliphatic rings. The van der Waals surface area contributed by atoms with Gasteiger partial charge in [0.1, 0.15) is 18.8 Å². The second-order valence-corrected chi connectivity index (χ2v) is 4.05. The van der Waals surface area contributed by atoms with Gasteiger partial charge in [-0.25, -0.2) is 4.68 Å².